The lowest BCUT2D eigenvalue weighted by molar-refractivity contribution is -0.129. The van der Waals surface area contributed by atoms with Crippen LogP contribution in [0.25, 0.3) is 0 Å². The summed E-state index contributed by atoms with van der Waals surface area (Å²) < 4.78 is 5.33. The predicted molar refractivity (Wildman–Crippen MR) is 75.7 cm³/mol. The van der Waals surface area contributed by atoms with Crippen LogP contribution in [0.15, 0.2) is 24.3 Å². The number of carbonyl (C=O) groups excluding carboxylic acids is 2. The summed E-state index contributed by atoms with van der Waals surface area (Å²) in [4.78, 5) is 23.4. The smallest absolute Gasteiger partial charge is 0.258 e. The average molecular weight is 297 g/mol. The van der Waals surface area contributed by atoms with E-state index in [0.717, 1.165) is 12.8 Å². The number of hydrogen-bond donors (Lipinski definition) is 2. The molecule has 20 heavy (non-hydrogen) atoms. The highest BCUT2D eigenvalue weighted by atomic mass is 35.5. The van der Waals surface area contributed by atoms with Gasteiger partial charge >= 0.3 is 0 Å². The van der Waals surface area contributed by atoms with Crippen molar-refractivity contribution in [3.8, 4) is 5.75 Å². The molecule has 0 bridgehead atoms. The number of ether oxygens (including phenoxy) is 1. The van der Waals surface area contributed by atoms with Gasteiger partial charge in [-0.15, -0.1) is 0 Å². The highest BCUT2D eigenvalue weighted by Crippen LogP contribution is 2.15. The van der Waals surface area contributed by atoms with Crippen LogP contribution in [0, 0.1) is 0 Å². The van der Waals surface area contributed by atoms with E-state index in [1.165, 1.54) is 0 Å². The van der Waals surface area contributed by atoms with E-state index in [4.69, 9.17) is 16.3 Å². The Morgan fingerprint density at radius 1 is 1.35 bits per heavy atom. The molecule has 1 aliphatic heterocycles. The highest BCUT2D eigenvalue weighted by Gasteiger charge is 2.22. The number of hydrogen-bond acceptors (Lipinski definition) is 3. The van der Waals surface area contributed by atoms with Gasteiger partial charge in [0.1, 0.15) is 11.8 Å². The molecule has 1 fully saturated rings. The lowest BCUT2D eigenvalue weighted by atomic mass is 10.1. The van der Waals surface area contributed by atoms with Gasteiger partial charge in [-0.25, -0.2) is 0 Å². The first kappa shape index (κ1) is 14.7. The summed E-state index contributed by atoms with van der Waals surface area (Å²) in [5.41, 5.74) is 0. The van der Waals surface area contributed by atoms with Crippen molar-refractivity contribution in [3.63, 3.8) is 0 Å². The Labute approximate surface area is 122 Å². The SMILES string of the molecule is O=C(COc1ccc(Cl)cc1)N[C@H]1CCCCNC1=O. The molecule has 108 valence electrons. The molecule has 0 unspecified atom stereocenters. The van der Waals surface area contributed by atoms with E-state index in [1.807, 2.05) is 0 Å². The topological polar surface area (TPSA) is 67.4 Å². The van der Waals surface area contributed by atoms with Crippen LogP contribution in [-0.4, -0.2) is 31.0 Å². The van der Waals surface area contributed by atoms with Crippen molar-refractivity contribution in [3.05, 3.63) is 29.3 Å². The fraction of sp³-hybridized carbons (Fsp3) is 0.429. The van der Waals surface area contributed by atoms with Crippen LogP contribution in [0.1, 0.15) is 19.3 Å². The summed E-state index contributed by atoms with van der Waals surface area (Å²) in [5.74, 6) is 0.138. The molecule has 2 rings (SSSR count). The zero-order valence-electron chi connectivity index (χ0n) is 11.0. The largest absolute Gasteiger partial charge is 0.484 e. The molecule has 2 N–H and O–H groups in total. The Hall–Kier alpha value is -1.75. The molecule has 0 spiro atoms. The van der Waals surface area contributed by atoms with Crippen LogP contribution >= 0.6 is 11.6 Å². The third-order valence-corrected chi connectivity index (χ3v) is 3.31. The second-order valence-corrected chi connectivity index (χ2v) is 5.09. The standard InChI is InChI=1S/C14H17ClN2O3/c15-10-4-6-11(7-5-10)20-9-13(18)17-12-3-1-2-8-16-14(12)19/h4-7,12H,1-3,8-9H2,(H,16,19)(H,17,18)/t12-/m0/s1. The van der Waals surface area contributed by atoms with E-state index < -0.39 is 6.04 Å². The minimum absolute atomic E-state index is 0.120. The van der Waals surface area contributed by atoms with Crippen LogP contribution in [0.3, 0.4) is 0 Å². The zero-order valence-corrected chi connectivity index (χ0v) is 11.8. The van der Waals surface area contributed by atoms with Gasteiger partial charge in [0.05, 0.1) is 0 Å². The summed E-state index contributed by atoms with van der Waals surface area (Å²) in [5, 5.41) is 6.07. The molecule has 0 saturated carbocycles. The summed E-state index contributed by atoms with van der Waals surface area (Å²) in [6.45, 7) is 0.553. The van der Waals surface area contributed by atoms with Crippen molar-refractivity contribution in [1.29, 1.82) is 0 Å². The molecular weight excluding hydrogens is 280 g/mol. The third-order valence-electron chi connectivity index (χ3n) is 3.05. The molecule has 2 amide bonds. The van der Waals surface area contributed by atoms with Gasteiger partial charge in [-0.05, 0) is 43.5 Å². The van der Waals surface area contributed by atoms with Crippen molar-refractivity contribution in [2.75, 3.05) is 13.2 Å². The van der Waals surface area contributed by atoms with Crippen LogP contribution < -0.4 is 15.4 Å². The van der Waals surface area contributed by atoms with Gasteiger partial charge in [0, 0.05) is 11.6 Å². The van der Waals surface area contributed by atoms with Gasteiger partial charge in [-0.3, -0.25) is 9.59 Å². The van der Waals surface area contributed by atoms with Crippen molar-refractivity contribution in [2.24, 2.45) is 0 Å². The Morgan fingerprint density at radius 3 is 2.85 bits per heavy atom. The number of nitrogens with one attached hydrogen (secondary N) is 2. The van der Waals surface area contributed by atoms with Crippen LogP contribution in [0.4, 0.5) is 0 Å². The van der Waals surface area contributed by atoms with Gasteiger partial charge in [-0.1, -0.05) is 11.6 Å². The minimum Gasteiger partial charge on any atom is -0.484 e. The first-order valence-electron chi connectivity index (χ1n) is 6.60. The second kappa shape index (κ2) is 7.14. The Bertz CT molecular complexity index is 476. The van der Waals surface area contributed by atoms with Crippen molar-refractivity contribution >= 4 is 23.4 Å². The van der Waals surface area contributed by atoms with Crippen molar-refractivity contribution in [2.45, 2.75) is 25.3 Å². The molecule has 0 radical (unpaired) electrons. The lowest BCUT2D eigenvalue weighted by Gasteiger charge is -2.15. The second-order valence-electron chi connectivity index (χ2n) is 4.65. The zero-order chi connectivity index (χ0) is 14.4. The Morgan fingerprint density at radius 2 is 2.10 bits per heavy atom. The van der Waals surface area contributed by atoms with Gasteiger partial charge in [0.25, 0.3) is 5.91 Å². The number of amides is 2. The maximum Gasteiger partial charge on any atom is 0.258 e. The summed E-state index contributed by atoms with van der Waals surface area (Å²) >= 11 is 5.76. The Balaban J connectivity index is 1.79. The van der Waals surface area contributed by atoms with E-state index >= 15 is 0 Å². The van der Waals surface area contributed by atoms with E-state index in [0.29, 0.717) is 23.7 Å². The summed E-state index contributed by atoms with van der Waals surface area (Å²) in [6.07, 6.45) is 2.53. The average Bonchev–Trinajstić information content (AvgIpc) is 2.64. The number of benzene rings is 1. The van der Waals surface area contributed by atoms with Crippen LogP contribution in [0.5, 0.6) is 5.75 Å². The summed E-state index contributed by atoms with van der Waals surface area (Å²) in [7, 11) is 0. The quantitative estimate of drug-likeness (QED) is 0.885. The fourth-order valence-electron chi connectivity index (χ4n) is 1.99. The molecule has 6 heteroatoms. The van der Waals surface area contributed by atoms with Crippen LogP contribution in [-0.2, 0) is 9.59 Å². The van der Waals surface area contributed by atoms with E-state index in [9.17, 15) is 9.59 Å². The number of rotatable bonds is 4. The minimum atomic E-state index is -0.459. The van der Waals surface area contributed by atoms with Crippen molar-refractivity contribution in [1.82, 2.24) is 10.6 Å². The molecule has 1 atom stereocenters. The van der Waals surface area contributed by atoms with Gasteiger partial charge in [0.2, 0.25) is 5.91 Å². The molecule has 1 aromatic rings. The third kappa shape index (κ3) is 4.42. The summed E-state index contributed by atoms with van der Waals surface area (Å²) in [6, 6.07) is 6.29. The highest BCUT2D eigenvalue weighted by molar-refractivity contribution is 6.30. The molecule has 1 aromatic carbocycles. The first-order chi connectivity index (χ1) is 9.65. The monoisotopic (exact) mass is 296 g/mol. The van der Waals surface area contributed by atoms with Crippen LogP contribution in [0.2, 0.25) is 5.02 Å². The Kier molecular flexibility index (Phi) is 5.24. The van der Waals surface area contributed by atoms with Gasteiger partial charge < -0.3 is 15.4 Å². The van der Waals surface area contributed by atoms with E-state index in [1.54, 1.807) is 24.3 Å². The van der Waals surface area contributed by atoms with E-state index in [-0.39, 0.29) is 18.4 Å². The molecule has 1 heterocycles. The number of halogens is 1. The number of carbonyl (C=O) groups is 2. The van der Waals surface area contributed by atoms with Crippen molar-refractivity contribution < 1.29 is 14.3 Å². The molecular formula is C14H17ClN2O3. The maximum atomic E-state index is 11.8. The van der Waals surface area contributed by atoms with E-state index in [2.05, 4.69) is 10.6 Å². The first-order valence-corrected chi connectivity index (χ1v) is 6.98. The maximum absolute atomic E-state index is 11.8. The predicted octanol–water partition coefficient (Wildman–Crippen LogP) is 1.50. The fourth-order valence-corrected chi connectivity index (χ4v) is 2.12. The molecule has 1 saturated heterocycles. The molecule has 5 nitrogen and oxygen atoms in total. The molecule has 0 aliphatic carbocycles. The normalized spacial score (nSPS) is 18.9. The lowest BCUT2D eigenvalue weighted by Crippen LogP contribution is -2.46. The molecule has 1 aliphatic rings. The molecule has 0 aromatic heterocycles. The van der Waals surface area contributed by atoms with Gasteiger partial charge in [-0.2, -0.15) is 0 Å². The van der Waals surface area contributed by atoms with Gasteiger partial charge in [0.15, 0.2) is 6.61 Å².